The van der Waals surface area contributed by atoms with Gasteiger partial charge in [0.2, 0.25) is 6.04 Å². The van der Waals surface area contributed by atoms with Crippen molar-refractivity contribution in [3.8, 4) is 0 Å². The van der Waals surface area contributed by atoms with Crippen LogP contribution in [0.3, 0.4) is 0 Å². The highest BCUT2D eigenvalue weighted by atomic mass is 19.4. The van der Waals surface area contributed by atoms with Crippen molar-refractivity contribution in [2.24, 2.45) is 0 Å². The maximum atomic E-state index is 13.0. The van der Waals surface area contributed by atoms with E-state index in [0.717, 1.165) is 14.2 Å². The number of nitrogens with zero attached hydrogens (tertiary/aromatic N) is 1. The van der Waals surface area contributed by atoms with Crippen molar-refractivity contribution in [3.05, 3.63) is 29.8 Å². The summed E-state index contributed by atoms with van der Waals surface area (Å²) in [6, 6.07) is -1.59. The molecule has 0 aromatic heterocycles. The molecule has 0 bridgehead atoms. The van der Waals surface area contributed by atoms with E-state index >= 15 is 0 Å². The molecule has 0 saturated carbocycles. The highest BCUT2D eigenvalue weighted by molar-refractivity contribution is 6.02. The number of benzene rings is 1. The molecule has 0 unspecified atom stereocenters. The average molecular weight is 471 g/mol. The van der Waals surface area contributed by atoms with Crippen LogP contribution in [0.25, 0.3) is 0 Å². The Morgan fingerprint density at radius 1 is 0.871 bits per heavy atom. The van der Waals surface area contributed by atoms with Gasteiger partial charge >= 0.3 is 30.5 Å². The smallest absolute Gasteiger partial charge is 0.430 e. The topological polar surface area (TPSA) is 76.1 Å². The van der Waals surface area contributed by atoms with Crippen LogP contribution < -0.4 is 4.90 Å². The van der Waals surface area contributed by atoms with E-state index in [1.165, 1.54) is 0 Å². The summed E-state index contributed by atoms with van der Waals surface area (Å²) >= 11 is 0. The second-order valence-electron chi connectivity index (χ2n) is 5.94. The molecule has 0 amide bonds. The molecule has 0 spiro atoms. The quantitative estimate of drug-likeness (QED) is 0.391. The van der Waals surface area contributed by atoms with E-state index in [4.69, 9.17) is 0 Å². The first-order chi connectivity index (χ1) is 13.9. The number of halogens is 9. The van der Waals surface area contributed by atoms with Crippen LogP contribution in [0.15, 0.2) is 24.3 Å². The van der Waals surface area contributed by atoms with Crippen molar-refractivity contribution in [3.63, 3.8) is 0 Å². The number of anilines is 1. The minimum Gasteiger partial charge on any atom is -0.467 e. The molecule has 0 saturated heterocycles. The lowest BCUT2D eigenvalue weighted by Gasteiger charge is -2.34. The molecular formula is C16H14F9NO5. The van der Waals surface area contributed by atoms with Crippen molar-refractivity contribution >= 4 is 17.6 Å². The van der Waals surface area contributed by atoms with Crippen molar-refractivity contribution in [1.29, 1.82) is 0 Å². The predicted octanol–water partition coefficient (Wildman–Crippen LogP) is 3.08. The maximum Gasteiger partial charge on any atom is 0.430 e. The van der Waals surface area contributed by atoms with Crippen molar-refractivity contribution < 1.29 is 63.7 Å². The Hall–Kier alpha value is -2.71. The number of hydrogen-bond donors (Lipinski definition) is 1. The molecule has 6 nitrogen and oxygen atoms in total. The number of ether oxygens (including phenoxy) is 2. The van der Waals surface area contributed by atoms with Gasteiger partial charge in [0.1, 0.15) is 6.54 Å². The Bertz CT molecular complexity index is 757. The summed E-state index contributed by atoms with van der Waals surface area (Å²) < 4.78 is 125. The molecule has 1 aromatic carbocycles. The van der Waals surface area contributed by atoms with E-state index in [1.54, 1.807) is 0 Å². The number of esters is 2. The predicted molar refractivity (Wildman–Crippen MR) is 83.7 cm³/mol. The fourth-order valence-corrected chi connectivity index (χ4v) is 2.48. The second-order valence-corrected chi connectivity index (χ2v) is 5.94. The zero-order chi connectivity index (χ0) is 24.4. The van der Waals surface area contributed by atoms with Gasteiger partial charge in [-0.05, 0) is 12.1 Å². The molecule has 0 atom stereocenters. The third-order valence-electron chi connectivity index (χ3n) is 3.95. The monoisotopic (exact) mass is 471 g/mol. The molecule has 0 aliphatic heterocycles. The molecule has 31 heavy (non-hydrogen) atoms. The van der Waals surface area contributed by atoms with Crippen molar-refractivity contribution in [1.82, 2.24) is 0 Å². The van der Waals surface area contributed by atoms with Crippen LogP contribution in [0.4, 0.5) is 45.2 Å². The van der Waals surface area contributed by atoms with Gasteiger partial charge in [-0.15, -0.1) is 0 Å². The first-order valence-electron chi connectivity index (χ1n) is 7.86. The molecule has 1 aromatic rings. The lowest BCUT2D eigenvalue weighted by Crippen LogP contribution is -2.54. The minimum absolute atomic E-state index is 0.0156. The second kappa shape index (κ2) is 8.80. The number of rotatable bonds is 6. The molecule has 176 valence electrons. The number of carbonyl (C=O) groups excluding carboxylic acids is 2. The van der Waals surface area contributed by atoms with Crippen molar-refractivity contribution in [2.75, 3.05) is 25.7 Å². The molecule has 1 N–H and O–H groups in total. The molecule has 0 heterocycles. The van der Waals surface area contributed by atoms with E-state index < -0.39 is 59.9 Å². The third-order valence-corrected chi connectivity index (χ3v) is 3.95. The van der Waals surface area contributed by atoms with Crippen LogP contribution in [-0.2, 0) is 24.7 Å². The summed E-state index contributed by atoms with van der Waals surface area (Å²) in [5, 5.41) is 9.34. The summed E-state index contributed by atoms with van der Waals surface area (Å²) in [6.45, 7) is -2.02. The highest BCUT2D eigenvalue weighted by Gasteiger charge is 2.71. The Kier molecular flexibility index (Phi) is 7.48. The standard InChI is InChI=1S/C16H14F9NO5/c1-30-11(27)10(12(28)31-2)26(7-13(17,18)19)9-5-3-8(4-6-9)14(29,15(20,21)22)16(23,24)25/h3-6,10,29H,7H2,1-2H3. The Labute approximate surface area is 168 Å². The van der Waals surface area contributed by atoms with Gasteiger partial charge in [-0.1, -0.05) is 12.1 Å². The maximum absolute atomic E-state index is 13.0. The van der Waals surface area contributed by atoms with Gasteiger partial charge in [0.15, 0.2) is 0 Å². The van der Waals surface area contributed by atoms with E-state index in [0.29, 0.717) is 12.1 Å². The van der Waals surface area contributed by atoms with Crippen LogP contribution >= 0.6 is 0 Å². The van der Waals surface area contributed by atoms with Crippen LogP contribution in [-0.4, -0.2) is 62.4 Å². The number of methoxy groups -OCH3 is 2. The van der Waals surface area contributed by atoms with Gasteiger partial charge in [0.25, 0.3) is 5.60 Å². The molecule has 0 fully saturated rings. The van der Waals surface area contributed by atoms with Crippen LogP contribution in [0.1, 0.15) is 5.56 Å². The van der Waals surface area contributed by atoms with Gasteiger partial charge < -0.3 is 19.5 Å². The summed E-state index contributed by atoms with van der Waals surface area (Å²) in [7, 11) is 1.44. The Morgan fingerprint density at radius 3 is 1.55 bits per heavy atom. The SMILES string of the molecule is COC(=O)C(C(=O)OC)N(CC(F)(F)F)c1ccc(C(O)(C(F)(F)F)C(F)(F)F)cc1. The van der Waals surface area contributed by atoms with Gasteiger partial charge in [-0.25, -0.2) is 9.59 Å². The zero-order valence-corrected chi connectivity index (χ0v) is 15.5. The Balaban J connectivity index is 3.60. The lowest BCUT2D eigenvalue weighted by molar-refractivity contribution is -0.376. The fourth-order valence-electron chi connectivity index (χ4n) is 2.48. The zero-order valence-electron chi connectivity index (χ0n) is 15.5. The van der Waals surface area contributed by atoms with E-state index in [-0.39, 0.29) is 17.0 Å². The normalized spacial score (nSPS) is 13.2. The molecule has 0 aliphatic rings. The molecule has 15 heteroatoms. The summed E-state index contributed by atoms with van der Waals surface area (Å²) in [6.07, 6.45) is -17.5. The average Bonchev–Trinajstić information content (AvgIpc) is 2.63. The van der Waals surface area contributed by atoms with E-state index in [9.17, 15) is 54.2 Å². The minimum atomic E-state index is -6.22. The largest absolute Gasteiger partial charge is 0.467 e. The number of aliphatic hydroxyl groups is 1. The van der Waals surface area contributed by atoms with Gasteiger partial charge in [0.05, 0.1) is 14.2 Å². The first-order valence-corrected chi connectivity index (χ1v) is 7.86. The Morgan fingerprint density at radius 2 is 1.26 bits per heavy atom. The number of hydrogen-bond acceptors (Lipinski definition) is 6. The first kappa shape index (κ1) is 26.3. The molecule has 0 aliphatic carbocycles. The van der Waals surface area contributed by atoms with Gasteiger partial charge in [-0.2, -0.15) is 39.5 Å². The van der Waals surface area contributed by atoms with Gasteiger partial charge in [-0.3, -0.25) is 0 Å². The fraction of sp³-hybridized carbons (Fsp3) is 0.500. The summed E-state index contributed by atoms with van der Waals surface area (Å²) in [5.74, 6) is -3.08. The summed E-state index contributed by atoms with van der Waals surface area (Å²) in [4.78, 5) is 23.7. The summed E-state index contributed by atoms with van der Waals surface area (Å²) in [5.41, 5.74) is -7.86. The van der Waals surface area contributed by atoms with Crippen LogP contribution in [0.5, 0.6) is 0 Å². The molecule has 0 radical (unpaired) electrons. The number of alkyl halides is 9. The molecule has 1 rings (SSSR count). The van der Waals surface area contributed by atoms with Crippen molar-refractivity contribution in [2.45, 2.75) is 30.2 Å². The third kappa shape index (κ3) is 5.51. The van der Waals surface area contributed by atoms with Crippen LogP contribution in [0, 0.1) is 0 Å². The lowest BCUT2D eigenvalue weighted by atomic mass is 9.92. The van der Waals surface area contributed by atoms with Crippen LogP contribution in [0.2, 0.25) is 0 Å². The highest BCUT2D eigenvalue weighted by Crippen LogP contribution is 2.50. The van der Waals surface area contributed by atoms with Gasteiger partial charge in [0, 0.05) is 11.3 Å². The van der Waals surface area contributed by atoms with E-state index in [2.05, 4.69) is 9.47 Å². The van der Waals surface area contributed by atoms with E-state index in [1.807, 2.05) is 0 Å². The number of carbonyl (C=O) groups is 2. The molecular weight excluding hydrogens is 457 g/mol.